The van der Waals surface area contributed by atoms with E-state index in [4.69, 9.17) is 9.47 Å². The van der Waals surface area contributed by atoms with Gasteiger partial charge in [0.2, 0.25) is 0 Å². The van der Waals surface area contributed by atoms with Crippen LogP contribution in [0.5, 0.6) is 11.5 Å². The van der Waals surface area contributed by atoms with Crippen LogP contribution in [-0.2, 0) is 21.5 Å². The summed E-state index contributed by atoms with van der Waals surface area (Å²) in [5.41, 5.74) is 0.591. The molecule has 1 aliphatic rings. The predicted molar refractivity (Wildman–Crippen MR) is 82.4 cm³/mol. The SMILES string of the molecule is COc1cc(CN(C)S(=O)(=O)N2CCOCC2)ccc1OC(F)F. The Bertz CT molecular complexity index is 651. The lowest BCUT2D eigenvalue weighted by atomic mass is 10.2. The van der Waals surface area contributed by atoms with E-state index < -0.39 is 16.8 Å². The van der Waals surface area contributed by atoms with Crippen LogP contribution in [0.25, 0.3) is 0 Å². The van der Waals surface area contributed by atoms with Gasteiger partial charge in [0.1, 0.15) is 0 Å². The molecule has 0 aromatic heterocycles. The molecule has 7 nitrogen and oxygen atoms in total. The van der Waals surface area contributed by atoms with E-state index in [1.165, 1.54) is 41.0 Å². The zero-order valence-electron chi connectivity index (χ0n) is 13.4. The van der Waals surface area contributed by atoms with Gasteiger partial charge in [0.15, 0.2) is 11.5 Å². The first-order valence-electron chi connectivity index (χ1n) is 7.25. The Labute approximate surface area is 139 Å². The number of alkyl halides is 2. The van der Waals surface area contributed by atoms with Crippen LogP contribution in [0.2, 0.25) is 0 Å². The van der Waals surface area contributed by atoms with Crippen LogP contribution < -0.4 is 9.47 Å². The van der Waals surface area contributed by atoms with Crippen LogP contribution in [0, 0.1) is 0 Å². The minimum atomic E-state index is -3.61. The van der Waals surface area contributed by atoms with E-state index in [2.05, 4.69) is 4.74 Å². The van der Waals surface area contributed by atoms with Crippen molar-refractivity contribution in [2.45, 2.75) is 13.2 Å². The van der Waals surface area contributed by atoms with Crippen LogP contribution in [0.4, 0.5) is 8.78 Å². The summed E-state index contributed by atoms with van der Waals surface area (Å²) in [6.45, 7) is -1.56. The van der Waals surface area contributed by atoms with Crippen molar-refractivity contribution in [3.63, 3.8) is 0 Å². The van der Waals surface area contributed by atoms with E-state index in [0.717, 1.165) is 0 Å². The number of benzene rings is 1. The van der Waals surface area contributed by atoms with E-state index in [1.54, 1.807) is 0 Å². The fraction of sp³-hybridized carbons (Fsp3) is 0.571. The molecule has 2 rings (SSSR count). The molecule has 1 aliphatic heterocycles. The van der Waals surface area contributed by atoms with E-state index in [1.807, 2.05) is 0 Å². The molecule has 1 heterocycles. The summed E-state index contributed by atoms with van der Waals surface area (Å²) in [5.74, 6) is 0.0138. The quantitative estimate of drug-likeness (QED) is 0.728. The number of morpholine rings is 1. The van der Waals surface area contributed by atoms with Gasteiger partial charge in [0.25, 0.3) is 10.2 Å². The molecule has 136 valence electrons. The van der Waals surface area contributed by atoms with Crippen molar-refractivity contribution >= 4 is 10.2 Å². The summed E-state index contributed by atoms with van der Waals surface area (Å²) in [6.07, 6.45) is 0. The zero-order chi connectivity index (χ0) is 17.7. The average molecular weight is 366 g/mol. The Balaban J connectivity index is 2.11. The van der Waals surface area contributed by atoms with Gasteiger partial charge in [-0.1, -0.05) is 6.07 Å². The van der Waals surface area contributed by atoms with E-state index in [-0.39, 0.29) is 18.0 Å². The maximum Gasteiger partial charge on any atom is 0.387 e. The second kappa shape index (κ2) is 8.06. The number of halogens is 2. The minimum Gasteiger partial charge on any atom is -0.493 e. The average Bonchev–Trinajstić information content (AvgIpc) is 2.56. The molecular weight excluding hydrogens is 346 g/mol. The first-order chi connectivity index (χ1) is 11.3. The normalized spacial score (nSPS) is 16.6. The molecule has 1 aromatic rings. The van der Waals surface area contributed by atoms with E-state index >= 15 is 0 Å². The smallest absolute Gasteiger partial charge is 0.387 e. The third kappa shape index (κ3) is 4.53. The highest BCUT2D eigenvalue weighted by Gasteiger charge is 2.28. The van der Waals surface area contributed by atoms with Gasteiger partial charge in [0, 0.05) is 26.7 Å². The molecule has 0 N–H and O–H groups in total. The standard InChI is InChI=1S/C14H20F2N2O5S/c1-17(24(19,20)18-5-7-22-8-6-18)10-11-3-4-12(23-14(15)16)13(9-11)21-2/h3-4,9,14H,5-8,10H2,1-2H3. The van der Waals surface area contributed by atoms with E-state index in [9.17, 15) is 17.2 Å². The second-order valence-electron chi connectivity index (χ2n) is 5.14. The number of hydrogen-bond donors (Lipinski definition) is 0. The number of rotatable bonds is 7. The fourth-order valence-electron chi connectivity index (χ4n) is 2.32. The number of ether oxygens (including phenoxy) is 3. The maximum atomic E-state index is 12.5. The number of hydrogen-bond acceptors (Lipinski definition) is 5. The van der Waals surface area contributed by atoms with Crippen molar-refractivity contribution in [3.8, 4) is 11.5 Å². The zero-order valence-corrected chi connectivity index (χ0v) is 14.3. The van der Waals surface area contributed by atoms with Crippen molar-refractivity contribution in [2.24, 2.45) is 0 Å². The van der Waals surface area contributed by atoms with Gasteiger partial charge in [-0.05, 0) is 17.7 Å². The van der Waals surface area contributed by atoms with Crippen LogP contribution in [0.15, 0.2) is 18.2 Å². The molecule has 0 spiro atoms. The first-order valence-corrected chi connectivity index (χ1v) is 8.65. The molecule has 1 fully saturated rings. The largest absolute Gasteiger partial charge is 0.493 e. The molecule has 0 atom stereocenters. The van der Waals surface area contributed by atoms with Gasteiger partial charge in [-0.25, -0.2) is 0 Å². The Kier molecular flexibility index (Phi) is 6.33. The lowest BCUT2D eigenvalue weighted by molar-refractivity contribution is -0.0512. The lowest BCUT2D eigenvalue weighted by Gasteiger charge is -2.30. The van der Waals surface area contributed by atoms with Gasteiger partial charge >= 0.3 is 6.61 Å². The summed E-state index contributed by atoms with van der Waals surface area (Å²) >= 11 is 0. The fourth-order valence-corrected chi connectivity index (χ4v) is 3.63. The van der Waals surface area contributed by atoms with Crippen molar-refractivity contribution in [3.05, 3.63) is 23.8 Å². The molecular formula is C14H20F2N2O5S. The lowest BCUT2D eigenvalue weighted by Crippen LogP contribution is -2.47. The Morgan fingerprint density at radius 3 is 2.54 bits per heavy atom. The van der Waals surface area contributed by atoms with Gasteiger partial charge in [-0.3, -0.25) is 0 Å². The predicted octanol–water partition coefficient (Wildman–Crippen LogP) is 1.31. The first kappa shape index (κ1) is 18.8. The minimum absolute atomic E-state index is 0.0744. The van der Waals surface area contributed by atoms with Crippen LogP contribution in [0.1, 0.15) is 5.56 Å². The summed E-state index contributed by atoms with van der Waals surface area (Å²) in [6, 6.07) is 4.32. The summed E-state index contributed by atoms with van der Waals surface area (Å²) in [7, 11) is -0.830. The van der Waals surface area contributed by atoms with Crippen molar-refractivity contribution in [2.75, 3.05) is 40.5 Å². The molecule has 1 saturated heterocycles. The molecule has 0 bridgehead atoms. The van der Waals surface area contributed by atoms with E-state index in [0.29, 0.717) is 31.9 Å². The second-order valence-corrected chi connectivity index (χ2v) is 7.17. The Morgan fingerprint density at radius 1 is 1.29 bits per heavy atom. The number of methoxy groups -OCH3 is 1. The maximum absolute atomic E-state index is 12.5. The Hall–Kier alpha value is -1.49. The van der Waals surface area contributed by atoms with Crippen molar-refractivity contribution < 1.29 is 31.4 Å². The molecule has 10 heteroatoms. The highest BCUT2D eigenvalue weighted by Crippen LogP contribution is 2.30. The van der Waals surface area contributed by atoms with Crippen molar-refractivity contribution in [1.29, 1.82) is 0 Å². The molecule has 24 heavy (non-hydrogen) atoms. The number of nitrogens with zero attached hydrogens (tertiary/aromatic N) is 2. The van der Waals surface area contributed by atoms with Crippen molar-refractivity contribution in [1.82, 2.24) is 8.61 Å². The summed E-state index contributed by atoms with van der Waals surface area (Å²) < 4.78 is 66.7. The molecule has 0 aliphatic carbocycles. The topological polar surface area (TPSA) is 68.3 Å². The molecule has 0 unspecified atom stereocenters. The van der Waals surface area contributed by atoms with Gasteiger partial charge in [-0.2, -0.15) is 25.8 Å². The van der Waals surface area contributed by atoms with Crippen LogP contribution in [0.3, 0.4) is 0 Å². The molecule has 0 amide bonds. The monoisotopic (exact) mass is 366 g/mol. The summed E-state index contributed by atoms with van der Waals surface area (Å²) in [5, 5.41) is 0. The summed E-state index contributed by atoms with van der Waals surface area (Å²) in [4.78, 5) is 0. The van der Waals surface area contributed by atoms with Gasteiger partial charge in [0.05, 0.1) is 20.3 Å². The van der Waals surface area contributed by atoms with Crippen LogP contribution in [-0.4, -0.2) is 64.1 Å². The molecule has 0 saturated carbocycles. The van der Waals surface area contributed by atoms with Gasteiger partial charge < -0.3 is 14.2 Å². The highest BCUT2D eigenvalue weighted by atomic mass is 32.2. The highest BCUT2D eigenvalue weighted by molar-refractivity contribution is 7.86. The molecule has 0 radical (unpaired) electrons. The van der Waals surface area contributed by atoms with Crippen LogP contribution >= 0.6 is 0 Å². The Morgan fingerprint density at radius 2 is 1.96 bits per heavy atom. The third-order valence-electron chi connectivity index (χ3n) is 3.54. The third-order valence-corrected chi connectivity index (χ3v) is 5.47. The molecule has 1 aromatic carbocycles. The van der Waals surface area contributed by atoms with Gasteiger partial charge in [-0.15, -0.1) is 0 Å².